The van der Waals surface area contributed by atoms with Crippen LogP contribution < -0.4 is 5.56 Å². The molecule has 0 aliphatic carbocycles. The van der Waals surface area contributed by atoms with E-state index in [1.54, 1.807) is 12.4 Å². The topological polar surface area (TPSA) is 71.5 Å². The predicted molar refractivity (Wildman–Crippen MR) is 98.3 cm³/mol. The molecule has 2 aromatic heterocycles. The number of fused-ring (bicyclic) bond motifs is 1. The van der Waals surface area contributed by atoms with Crippen LogP contribution in [-0.4, -0.2) is 19.9 Å². The van der Waals surface area contributed by atoms with Crippen molar-refractivity contribution in [3.8, 4) is 22.8 Å². The van der Waals surface area contributed by atoms with Crippen LogP contribution in [0.4, 0.5) is 0 Å². The van der Waals surface area contributed by atoms with E-state index in [4.69, 9.17) is 0 Å². The molecule has 0 atom stereocenters. The SMILES string of the molecule is Cc1cc2nc(-c3ncc(-c4ccccc4)cn3)[nH]c(=O)c2cc1C. The normalized spacial score (nSPS) is 11.0. The van der Waals surface area contributed by atoms with Gasteiger partial charge < -0.3 is 4.98 Å². The third-order valence-electron chi connectivity index (χ3n) is 4.29. The predicted octanol–water partition coefficient (Wildman–Crippen LogP) is 3.66. The second-order valence-electron chi connectivity index (χ2n) is 6.03. The van der Waals surface area contributed by atoms with Gasteiger partial charge in [-0.3, -0.25) is 4.79 Å². The van der Waals surface area contributed by atoms with E-state index in [1.165, 1.54) is 0 Å². The summed E-state index contributed by atoms with van der Waals surface area (Å²) < 4.78 is 0. The first-order valence-electron chi connectivity index (χ1n) is 8.01. The van der Waals surface area contributed by atoms with Crippen LogP contribution in [0.2, 0.25) is 0 Å². The molecule has 122 valence electrons. The molecule has 0 radical (unpaired) electrons. The Hall–Kier alpha value is -3.34. The van der Waals surface area contributed by atoms with Gasteiger partial charge in [-0.05, 0) is 42.7 Å². The molecule has 0 saturated carbocycles. The van der Waals surface area contributed by atoms with Gasteiger partial charge in [-0.1, -0.05) is 30.3 Å². The van der Waals surface area contributed by atoms with E-state index >= 15 is 0 Å². The Balaban J connectivity index is 1.79. The molecule has 2 aromatic carbocycles. The Labute approximate surface area is 144 Å². The Morgan fingerprint density at radius 2 is 1.56 bits per heavy atom. The minimum atomic E-state index is -0.182. The fourth-order valence-electron chi connectivity index (χ4n) is 2.73. The van der Waals surface area contributed by atoms with Crippen molar-refractivity contribution in [2.45, 2.75) is 13.8 Å². The van der Waals surface area contributed by atoms with Gasteiger partial charge in [-0.25, -0.2) is 15.0 Å². The van der Waals surface area contributed by atoms with E-state index in [9.17, 15) is 4.79 Å². The number of nitrogens with zero attached hydrogens (tertiary/aromatic N) is 3. The van der Waals surface area contributed by atoms with E-state index in [2.05, 4.69) is 19.9 Å². The molecule has 0 bridgehead atoms. The molecule has 0 saturated heterocycles. The summed E-state index contributed by atoms with van der Waals surface area (Å²) in [7, 11) is 0. The van der Waals surface area contributed by atoms with Crippen molar-refractivity contribution in [3.05, 3.63) is 76.3 Å². The number of H-pyrrole nitrogens is 1. The summed E-state index contributed by atoms with van der Waals surface area (Å²) in [6.07, 6.45) is 3.48. The lowest BCUT2D eigenvalue weighted by atomic mass is 10.1. The lowest BCUT2D eigenvalue weighted by Crippen LogP contribution is -2.11. The minimum Gasteiger partial charge on any atom is -0.303 e. The fourth-order valence-corrected chi connectivity index (χ4v) is 2.73. The van der Waals surface area contributed by atoms with Crippen molar-refractivity contribution in [3.63, 3.8) is 0 Å². The van der Waals surface area contributed by atoms with Gasteiger partial charge in [0.2, 0.25) is 0 Å². The average Bonchev–Trinajstić information content (AvgIpc) is 2.64. The highest BCUT2D eigenvalue weighted by atomic mass is 16.1. The number of aromatic amines is 1. The summed E-state index contributed by atoms with van der Waals surface area (Å²) in [5, 5.41) is 0.577. The summed E-state index contributed by atoms with van der Waals surface area (Å²) in [5.41, 5.74) is 4.59. The molecular formula is C20H16N4O. The molecule has 0 spiro atoms. The largest absolute Gasteiger partial charge is 0.303 e. The van der Waals surface area contributed by atoms with Crippen LogP contribution in [0.25, 0.3) is 33.7 Å². The van der Waals surface area contributed by atoms with Crippen molar-refractivity contribution in [2.24, 2.45) is 0 Å². The van der Waals surface area contributed by atoms with Crippen molar-refractivity contribution < 1.29 is 0 Å². The minimum absolute atomic E-state index is 0.182. The van der Waals surface area contributed by atoms with Crippen LogP contribution >= 0.6 is 0 Å². The van der Waals surface area contributed by atoms with Crippen LogP contribution in [0.3, 0.4) is 0 Å². The molecule has 25 heavy (non-hydrogen) atoms. The second-order valence-corrected chi connectivity index (χ2v) is 6.03. The van der Waals surface area contributed by atoms with Crippen molar-refractivity contribution >= 4 is 10.9 Å². The Morgan fingerprint density at radius 1 is 0.880 bits per heavy atom. The monoisotopic (exact) mass is 328 g/mol. The first-order chi connectivity index (χ1) is 12.1. The molecule has 4 rings (SSSR count). The lowest BCUT2D eigenvalue weighted by molar-refractivity contribution is 1.08. The quantitative estimate of drug-likeness (QED) is 0.609. The van der Waals surface area contributed by atoms with Gasteiger partial charge in [-0.15, -0.1) is 0 Å². The zero-order valence-corrected chi connectivity index (χ0v) is 13.9. The zero-order valence-electron chi connectivity index (χ0n) is 13.9. The Bertz CT molecular complexity index is 1120. The van der Waals surface area contributed by atoms with Gasteiger partial charge in [-0.2, -0.15) is 0 Å². The average molecular weight is 328 g/mol. The van der Waals surface area contributed by atoms with E-state index in [0.717, 1.165) is 22.3 Å². The number of aryl methyl sites for hydroxylation is 2. The zero-order chi connectivity index (χ0) is 17.4. The van der Waals surface area contributed by atoms with Gasteiger partial charge in [0.15, 0.2) is 11.6 Å². The highest BCUT2D eigenvalue weighted by Gasteiger charge is 2.10. The number of rotatable bonds is 2. The van der Waals surface area contributed by atoms with E-state index < -0.39 is 0 Å². The smallest absolute Gasteiger partial charge is 0.259 e. The van der Waals surface area contributed by atoms with Gasteiger partial charge in [0, 0.05) is 18.0 Å². The molecule has 2 heterocycles. The van der Waals surface area contributed by atoms with Crippen molar-refractivity contribution in [1.29, 1.82) is 0 Å². The molecule has 0 aliphatic rings. The van der Waals surface area contributed by atoms with Crippen LogP contribution in [0.15, 0.2) is 59.7 Å². The molecule has 0 unspecified atom stereocenters. The van der Waals surface area contributed by atoms with E-state index in [1.807, 2.05) is 56.3 Å². The van der Waals surface area contributed by atoms with Crippen molar-refractivity contribution in [1.82, 2.24) is 19.9 Å². The first-order valence-corrected chi connectivity index (χ1v) is 8.01. The molecule has 0 fully saturated rings. The van der Waals surface area contributed by atoms with E-state index in [0.29, 0.717) is 22.6 Å². The van der Waals surface area contributed by atoms with Crippen LogP contribution in [0, 0.1) is 13.8 Å². The fraction of sp³-hybridized carbons (Fsp3) is 0.100. The van der Waals surface area contributed by atoms with Crippen LogP contribution in [0.1, 0.15) is 11.1 Å². The van der Waals surface area contributed by atoms with Crippen LogP contribution in [-0.2, 0) is 0 Å². The summed E-state index contributed by atoms with van der Waals surface area (Å²) in [5.74, 6) is 0.775. The second kappa shape index (κ2) is 5.94. The third-order valence-corrected chi connectivity index (χ3v) is 4.29. The van der Waals surface area contributed by atoms with Gasteiger partial charge in [0.05, 0.1) is 10.9 Å². The van der Waals surface area contributed by atoms with E-state index in [-0.39, 0.29) is 5.56 Å². The number of nitrogens with one attached hydrogen (secondary N) is 1. The first kappa shape index (κ1) is 15.2. The molecule has 0 aliphatic heterocycles. The molecular weight excluding hydrogens is 312 g/mol. The maximum atomic E-state index is 12.4. The Kier molecular flexibility index (Phi) is 3.61. The highest BCUT2D eigenvalue weighted by Crippen LogP contribution is 2.20. The summed E-state index contributed by atoms with van der Waals surface area (Å²) in [6.45, 7) is 3.98. The van der Waals surface area contributed by atoms with Crippen molar-refractivity contribution in [2.75, 3.05) is 0 Å². The number of hydrogen-bond acceptors (Lipinski definition) is 4. The molecule has 1 N–H and O–H groups in total. The molecule has 4 aromatic rings. The molecule has 0 amide bonds. The molecule has 5 heteroatoms. The third kappa shape index (κ3) is 2.80. The highest BCUT2D eigenvalue weighted by molar-refractivity contribution is 5.80. The van der Waals surface area contributed by atoms with Crippen LogP contribution in [0.5, 0.6) is 0 Å². The maximum absolute atomic E-state index is 12.4. The molecule has 5 nitrogen and oxygen atoms in total. The van der Waals surface area contributed by atoms with Gasteiger partial charge in [0.1, 0.15) is 0 Å². The number of aromatic nitrogens is 4. The van der Waals surface area contributed by atoms with Gasteiger partial charge in [0.25, 0.3) is 5.56 Å². The standard InChI is InChI=1S/C20H16N4O/c1-12-8-16-17(9-13(12)2)23-19(24-20(16)25)18-21-10-15(11-22-18)14-6-4-3-5-7-14/h3-11H,1-2H3,(H,23,24,25). The summed E-state index contributed by atoms with van der Waals surface area (Å²) >= 11 is 0. The van der Waals surface area contributed by atoms with Gasteiger partial charge >= 0.3 is 0 Å². The number of benzene rings is 2. The number of hydrogen-bond donors (Lipinski definition) is 1. The summed E-state index contributed by atoms with van der Waals surface area (Å²) in [6, 6.07) is 13.7. The summed E-state index contributed by atoms with van der Waals surface area (Å²) in [4.78, 5) is 28.4. The maximum Gasteiger partial charge on any atom is 0.259 e. The lowest BCUT2D eigenvalue weighted by Gasteiger charge is -2.06. The Morgan fingerprint density at radius 3 is 2.28 bits per heavy atom.